The van der Waals surface area contributed by atoms with Crippen LogP contribution in [0, 0.1) is 0 Å². The summed E-state index contributed by atoms with van der Waals surface area (Å²) in [7, 11) is 0. The Hall–Kier alpha value is -2.05. The second-order valence-corrected chi connectivity index (χ2v) is 6.96. The molecule has 2 N–H and O–H groups in total. The van der Waals surface area contributed by atoms with Crippen LogP contribution in [0.1, 0.15) is 57.7 Å². The zero-order valence-electron chi connectivity index (χ0n) is 13.7. The molecule has 6 heteroatoms. The number of carbonyl (C=O) groups is 2. The largest absolute Gasteiger partial charge is 0.317 e. The predicted molar refractivity (Wildman–Crippen MR) is 96.0 cm³/mol. The number of anilines is 1. The van der Waals surface area contributed by atoms with Gasteiger partial charge in [0, 0.05) is 28.6 Å². The highest BCUT2D eigenvalue weighted by Gasteiger charge is 2.18. The molecule has 126 valence electrons. The molecule has 0 atom stereocenters. The first-order valence-electron chi connectivity index (χ1n) is 8.28. The van der Waals surface area contributed by atoms with Crippen molar-refractivity contribution in [2.24, 2.45) is 0 Å². The Bertz CT molecular complexity index is 718. The van der Waals surface area contributed by atoms with Gasteiger partial charge >= 0.3 is 0 Å². The summed E-state index contributed by atoms with van der Waals surface area (Å²) in [5.41, 5.74) is 1.16. The Kier molecular flexibility index (Phi) is 5.37. The van der Waals surface area contributed by atoms with Crippen molar-refractivity contribution in [3.63, 3.8) is 0 Å². The van der Waals surface area contributed by atoms with Gasteiger partial charge in [-0.2, -0.15) is 0 Å². The SMILES string of the molecule is CCC(=O)c1ccc(C(=O)Nc2ncc(C3CCNCC3)s2)cc1. The Balaban J connectivity index is 1.64. The van der Waals surface area contributed by atoms with Gasteiger partial charge in [-0.1, -0.05) is 19.1 Å². The van der Waals surface area contributed by atoms with Gasteiger partial charge in [0.25, 0.3) is 5.91 Å². The fraction of sp³-hybridized carbons (Fsp3) is 0.389. The minimum absolute atomic E-state index is 0.0773. The quantitative estimate of drug-likeness (QED) is 0.816. The highest BCUT2D eigenvalue weighted by molar-refractivity contribution is 7.15. The molecule has 1 aromatic carbocycles. The van der Waals surface area contributed by atoms with E-state index in [-0.39, 0.29) is 11.7 Å². The first kappa shape index (κ1) is 16.8. The van der Waals surface area contributed by atoms with Crippen molar-refractivity contribution in [3.05, 3.63) is 46.5 Å². The third kappa shape index (κ3) is 3.88. The summed E-state index contributed by atoms with van der Waals surface area (Å²) in [6.45, 7) is 3.89. The van der Waals surface area contributed by atoms with Crippen LogP contribution in [0.2, 0.25) is 0 Å². The lowest BCUT2D eigenvalue weighted by molar-refractivity contribution is 0.0984. The van der Waals surface area contributed by atoms with Gasteiger partial charge in [-0.25, -0.2) is 4.98 Å². The molecule has 1 aliphatic rings. The molecule has 0 radical (unpaired) electrons. The van der Waals surface area contributed by atoms with Crippen molar-refractivity contribution in [1.82, 2.24) is 10.3 Å². The van der Waals surface area contributed by atoms with Crippen molar-refractivity contribution in [2.45, 2.75) is 32.1 Å². The van der Waals surface area contributed by atoms with Gasteiger partial charge in [0.2, 0.25) is 0 Å². The van der Waals surface area contributed by atoms with Gasteiger partial charge in [0.1, 0.15) is 0 Å². The standard InChI is InChI=1S/C18H21N3O2S/c1-2-15(22)12-3-5-14(6-4-12)17(23)21-18-20-11-16(24-18)13-7-9-19-10-8-13/h3-6,11,13,19H,2,7-10H2,1H3,(H,20,21,23). The normalized spacial score (nSPS) is 15.2. The van der Waals surface area contributed by atoms with E-state index in [1.165, 1.54) is 4.88 Å². The van der Waals surface area contributed by atoms with Gasteiger partial charge in [-0.05, 0) is 44.0 Å². The zero-order valence-corrected chi connectivity index (χ0v) is 14.5. The topological polar surface area (TPSA) is 71.1 Å². The third-order valence-electron chi connectivity index (χ3n) is 4.28. The number of benzene rings is 1. The smallest absolute Gasteiger partial charge is 0.257 e. The molecule has 0 spiro atoms. The Morgan fingerprint density at radius 3 is 2.54 bits per heavy atom. The lowest BCUT2D eigenvalue weighted by atomic mass is 9.97. The maximum Gasteiger partial charge on any atom is 0.257 e. The molecule has 2 heterocycles. The van der Waals surface area contributed by atoms with Crippen molar-refractivity contribution in [1.29, 1.82) is 0 Å². The molecule has 1 fully saturated rings. The van der Waals surface area contributed by atoms with Crippen LogP contribution >= 0.6 is 11.3 Å². The monoisotopic (exact) mass is 343 g/mol. The van der Waals surface area contributed by atoms with E-state index in [9.17, 15) is 9.59 Å². The van der Waals surface area contributed by atoms with Crippen LogP contribution in [0.25, 0.3) is 0 Å². The van der Waals surface area contributed by atoms with Gasteiger partial charge < -0.3 is 5.32 Å². The van der Waals surface area contributed by atoms with E-state index >= 15 is 0 Å². The van der Waals surface area contributed by atoms with Crippen LogP contribution in [0.3, 0.4) is 0 Å². The number of ketones is 1. The van der Waals surface area contributed by atoms with Crippen molar-refractivity contribution < 1.29 is 9.59 Å². The number of nitrogens with zero attached hydrogens (tertiary/aromatic N) is 1. The number of aromatic nitrogens is 1. The molecule has 3 rings (SSSR count). The Morgan fingerprint density at radius 1 is 1.21 bits per heavy atom. The van der Waals surface area contributed by atoms with Crippen LogP contribution in [0.5, 0.6) is 0 Å². The summed E-state index contributed by atoms with van der Waals surface area (Å²) in [5.74, 6) is 0.416. The summed E-state index contributed by atoms with van der Waals surface area (Å²) in [4.78, 5) is 29.5. The molecule has 24 heavy (non-hydrogen) atoms. The predicted octanol–water partition coefficient (Wildman–Crippen LogP) is 3.46. The number of nitrogens with one attached hydrogen (secondary N) is 2. The summed E-state index contributed by atoms with van der Waals surface area (Å²) >= 11 is 1.55. The van der Waals surface area contributed by atoms with E-state index in [1.807, 2.05) is 13.1 Å². The van der Waals surface area contributed by atoms with E-state index in [4.69, 9.17) is 0 Å². The maximum absolute atomic E-state index is 12.3. The first-order chi connectivity index (χ1) is 11.7. The molecular formula is C18H21N3O2S. The Labute approximate surface area is 145 Å². The number of carbonyl (C=O) groups excluding carboxylic acids is 2. The molecule has 1 aliphatic heterocycles. The number of thiazole rings is 1. The second kappa shape index (κ2) is 7.68. The molecule has 1 saturated heterocycles. The van der Waals surface area contributed by atoms with Crippen LogP contribution < -0.4 is 10.6 Å². The van der Waals surface area contributed by atoms with Gasteiger partial charge in [0.05, 0.1) is 0 Å². The average molecular weight is 343 g/mol. The minimum atomic E-state index is -0.197. The van der Waals surface area contributed by atoms with E-state index in [2.05, 4.69) is 15.6 Å². The zero-order chi connectivity index (χ0) is 16.9. The number of rotatable bonds is 5. The van der Waals surface area contributed by atoms with Gasteiger partial charge in [-0.3, -0.25) is 14.9 Å². The maximum atomic E-state index is 12.3. The number of hydrogen-bond donors (Lipinski definition) is 2. The number of amides is 1. The van der Waals surface area contributed by atoms with E-state index in [0.29, 0.717) is 28.6 Å². The summed E-state index contributed by atoms with van der Waals surface area (Å²) in [5, 5.41) is 6.83. The highest BCUT2D eigenvalue weighted by Crippen LogP contribution is 2.31. The van der Waals surface area contributed by atoms with E-state index in [1.54, 1.807) is 35.6 Å². The molecule has 0 aliphatic carbocycles. The van der Waals surface area contributed by atoms with Crippen LogP contribution in [0.4, 0.5) is 5.13 Å². The molecule has 0 saturated carbocycles. The highest BCUT2D eigenvalue weighted by atomic mass is 32.1. The lowest BCUT2D eigenvalue weighted by Gasteiger charge is -2.20. The fourth-order valence-electron chi connectivity index (χ4n) is 2.82. The molecule has 2 aromatic rings. The number of Topliss-reactive ketones (excluding diaryl/α,β-unsaturated/α-hetero) is 1. The molecule has 0 bridgehead atoms. The summed E-state index contributed by atoms with van der Waals surface area (Å²) in [6, 6.07) is 6.76. The molecule has 0 unspecified atom stereocenters. The van der Waals surface area contributed by atoms with Crippen LogP contribution in [-0.4, -0.2) is 29.8 Å². The molecular weight excluding hydrogens is 322 g/mol. The van der Waals surface area contributed by atoms with Crippen LogP contribution in [0.15, 0.2) is 30.5 Å². The van der Waals surface area contributed by atoms with Crippen LogP contribution in [-0.2, 0) is 0 Å². The third-order valence-corrected chi connectivity index (χ3v) is 5.35. The lowest BCUT2D eigenvalue weighted by Crippen LogP contribution is -2.26. The molecule has 1 amide bonds. The summed E-state index contributed by atoms with van der Waals surface area (Å²) in [6.07, 6.45) is 4.56. The average Bonchev–Trinajstić information content (AvgIpc) is 3.10. The van der Waals surface area contributed by atoms with Crippen molar-refractivity contribution >= 4 is 28.2 Å². The number of hydrogen-bond acceptors (Lipinski definition) is 5. The van der Waals surface area contributed by atoms with Crippen molar-refractivity contribution in [3.8, 4) is 0 Å². The van der Waals surface area contributed by atoms with E-state index in [0.717, 1.165) is 25.9 Å². The fourth-order valence-corrected chi connectivity index (χ4v) is 3.80. The van der Waals surface area contributed by atoms with Gasteiger partial charge in [-0.15, -0.1) is 11.3 Å². The van der Waals surface area contributed by atoms with Gasteiger partial charge in [0.15, 0.2) is 10.9 Å². The first-order valence-corrected chi connectivity index (χ1v) is 9.10. The molecule has 1 aromatic heterocycles. The summed E-state index contributed by atoms with van der Waals surface area (Å²) < 4.78 is 0. The van der Waals surface area contributed by atoms with Crippen molar-refractivity contribution in [2.75, 3.05) is 18.4 Å². The minimum Gasteiger partial charge on any atom is -0.317 e. The number of piperidine rings is 1. The second-order valence-electron chi connectivity index (χ2n) is 5.90. The van der Waals surface area contributed by atoms with E-state index < -0.39 is 0 Å². The molecule has 5 nitrogen and oxygen atoms in total. The Morgan fingerprint density at radius 2 is 1.88 bits per heavy atom.